The Morgan fingerprint density at radius 1 is 1.14 bits per heavy atom. The second kappa shape index (κ2) is 12.7. The molecule has 8 nitrogen and oxygen atoms in total. The van der Waals surface area contributed by atoms with Crippen molar-refractivity contribution >= 4 is 5.97 Å². The van der Waals surface area contributed by atoms with E-state index in [4.69, 9.17) is 14.2 Å². The highest BCUT2D eigenvalue weighted by molar-refractivity contribution is 5.66. The van der Waals surface area contributed by atoms with Gasteiger partial charge in [0, 0.05) is 6.92 Å². The lowest BCUT2D eigenvalue weighted by Crippen LogP contribution is -2.59. The molecule has 0 aromatic heterocycles. The highest BCUT2D eigenvalue weighted by Crippen LogP contribution is 2.67. The first-order valence-electron chi connectivity index (χ1n) is 17.2. The van der Waals surface area contributed by atoms with Gasteiger partial charge in [0.15, 0.2) is 12.4 Å². The van der Waals surface area contributed by atoms with Crippen LogP contribution < -0.4 is 0 Å². The first-order valence-corrected chi connectivity index (χ1v) is 17.2. The molecule has 0 spiro atoms. The molecule has 15 unspecified atom stereocenters. The molecule has 1 saturated heterocycles. The van der Waals surface area contributed by atoms with Crippen molar-refractivity contribution in [1.29, 1.82) is 0 Å². The van der Waals surface area contributed by atoms with E-state index in [-0.39, 0.29) is 34.9 Å². The Morgan fingerprint density at radius 2 is 1.84 bits per heavy atom. The van der Waals surface area contributed by atoms with Crippen molar-refractivity contribution in [1.82, 2.24) is 0 Å². The Bertz CT molecular complexity index is 1100. The van der Waals surface area contributed by atoms with E-state index in [9.17, 15) is 25.2 Å². The van der Waals surface area contributed by atoms with Crippen molar-refractivity contribution in [2.45, 2.75) is 149 Å². The first kappa shape index (κ1) is 34.1. The topological polar surface area (TPSA) is 126 Å². The van der Waals surface area contributed by atoms with Gasteiger partial charge in [-0.05, 0) is 105 Å². The minimum atomic E-state index is -1.33. The monoisotopic (exact) mass is 618 g/mol. The average Bonchev–Trinajstić information content (AvgIpc) is 3.21. The van der Waals surface area contributed by atoms with E-state index in [0.717, 1.165) is 44.9 Å². The van der Waals surface area contributed by atoms with Crippen molar-refractivity contribution in [2.75, 3.05) is 0 Å². The summed E-state index contributed by atoms with van der Waals surface area (Å²) in [5.74, 6) is 1.28. The summed E-state index contributed by atoms with van der Waals surface area (Å²) in [6.45, 7) is 18.6. The van der Waals surface area contributed by atoms with Crippen LogP contribution >= 0.6 is 0 Å². The molecule has 5 aliphatic rings. The summed E-state index contributed by atoms with van der Waals surface area (Å²) >= 11 is 0. The number of allylic oxidation sites excluding steroid dienone is 2. The number of aliphatic hydroxyl groups is 4. The van der Waals surface area contributed by atoms with E-state index in [1.165, 1.54) is 18.1 Å². The molecular formula is C36H58O8. The van der Waals surface area contributed by atoms with E-state index >= 15 is 0 Å². The summed E-state index contributed by atoms with van der Waals surface area (Å²) < 4.78 is 17.3. The quantitative estimate of drug-likeness (QED) is 0.223. The zero-order chi connectivity index (χ0) is 32.3. The molecule has 4 fully saturated rings. The fourth-order valence-electron chi connectivity index (χ4n) is 10.5. The van der Waals surface area contributed by atoms with E-state index in [2.05, 4.69) is 47.3 Å². The predicted octanol–water partition coefficient (Wildman–Crippen LogP) is 4.92. The molecule has 0 radical (unpaired) electrons. The van der Waals surface area contributed by atoms with Gasteiger partial charge in [-0.15, -0.1) is 0 Å². The van der Waals surface area contributed by atoms with Crippen LogP contribution in [-0.4, -0.2) is 75.4 Å². The molecule has 4 aliphatic carbocycles. The predicted molar refractivity (Wildman–Crippen MR) is 167 cm³/mol. The van der Waals surface area contributed by atoms with Gasteiger partial charge >= 0.3 is 5.97 Å². The molecule has 250 valence electrons. The van der Waals surface area contributed by atoms with Crippen molar-refractivity contribution in [3.8, 4) is 0 Å². The Labute approximate surface area is 264 Å². The molecule has 44 heavy (non-hydrogen) atoms. The summed E-state index contributed by atoms with van der Waals surface area (Å²) in [4.78, 5) is 11.5. The van der Waals surface area contributed by atoms with E-state index in [0.29, 0.717) is 30.1 Å². The smallest absolute Gasteiger partial charge is 0.303 e. The molecule has 8 heteroatoms. The van der Waals surface area contributed by atoms with E-state index < -0.39 is 42.8 Å². The van der Waals surface area contributed by atoms with Crippen molar-refractivity contribution < 1.29 is 39.4 Å². The Morgan fingerprint density at radius 3 is 2.50 bits per heavy atom. The third kappa shape index (κ3) is 5.97. The zero-order valence-electron chi connectivity index (χ0n) is 27.9. The summed E-state index contributed by atoms with van der Waals surface area (Å²) in [5, 5.41) is 44.8. The number of esters is 1. The van der Waals surface area contributed by atoms with Crippen LogP contribution in [0.25, 0.3) is 0 Å². The lowest BCUT2D eigenvalue weighted by molar-refractivity contribution is -0.307. The summed E-state index contributed by atoms with van der Waals surface area (Å²) in [6.07, 6.45) is 2.87. The number of ether oxygens (including phenoxy) is 3. The van der Waals surface area contributed by atoms with Crippen LogP contribution in [0.4, 0.5) is 0 Å². The number of carbonyl (C=O) groups is 1. The van der Waals surface area contributed by atoms with Gasteiger partial charge in [0.05, 0.1) is 24.4 Å². The van der Waals surface area contributed by atoms with Crippen molar-refractivity contribution in [2.24, 2.45) is 46.3 Å². The van der Waals surface area contributed by atoms with Crippen LogP contribution in [0.1, 0.15) is 99.8 Å². The zero-order valence-corrected chi connectivity index (χ0v) is 27.9. The van der Waals surface area contributed by atoms with Gasteiger partial charge in [0.2, 0.25) is 0 Å². The molecule has 0 aromatic rings. The van der Waals surface area contributed by atoms with Gasteiger partial charge in [-0.25, -0.2) is 0 Å². The van der Waals surface area contributed by atoms with Crippen LogP contribution in [0.3, 0.4) is 0 Å². The highest BCUT2D eigenvalue weighted by Gasteiger charge is 2.64. The maximum Gasteiger partial charge on any atom is 0.303 e. The Hall–Kier alpha value is -1.29. The van der Waals surface area contributed by atoms with Crippen molar-refractivity contribution in [3.63, 3.8) is 0 Å². The number of hydrogen-bond acceptors (Lipinski definition) is 8. The lowest BCUT2D eigenvalue weighted by Gasteiger charge is -2.60. The average molecular weight is 619 g/mol. The second-order valence-corrected chi connectivity index (χ2v) is 15.9. The molecule has 0 aromatic carbocycles. The third-order valence-electron chi connectivity index (χ3n) is 12.9. The molecule has 0 bridgehead atoms. The van der Waals surface area contributed by atoms with Crippen LogP contribution in [0, 0.1) is 46.3 Å². The SMILES string of the molecule is C=C(CCC(C)C1C(O)CC2C3CC=C4CC(OC5OC(C)C(OC(C)=O)C(O)C5O)CCC4(C)C3C(O)CC21C)C(C)C. The molecule has 1 aliphatic heterocycles. The fourth-order valence-corrected chi connectivity index (χ4v) is 10.5. The molecule has 4 N–H and O–H groups in total. The molecule has 0 amide bonds. The van der Waals surface area contributed by atoms with Crippen molar-refractivity contribution in [3.05, 3.63) is 23.8 Å². The van der Waals surface area contributed by atoms with Crippen LogP contribution in [0.15, 0.2) is 23.8 Å². The number of hydrogen-bond donors (Lipinski definition) is 4. The number of fused-ring (bicyclic) bond motifs is 5. The molecule has 3 saturated carbocycles. The van der Waals surface area contributed by atoms with Gasteiger partial charge in [0.25, 0.3) is 0 Å². The van der Waals surface area contributed by atoms with Crippen LogP contribution in [0.5, 0.6) is 0 Å². The second-order valence-electron chi connectivity index (χ2n) is 15.9. The number of carbonyl (C=O) groups excluding carboxylic acids is 1. The summed E-state index contributed by atoms with van der Waals surface area (Å²) in [6, 6.07) is 0. The standard InChI is InChI=1S/C36H58O8/c1-18(2)19(3)9-10-20(4)29-27(38)16-26-25-12-11-23-15-24(13-14-35(23,7)30(25)28(39)17-36(26,29)8)44-34-32(41)31(40)33(21(5)42-34)43-22(6)37/h11,18,20-21,24-34,38-41H,3,9-10,12-17H2,1-2,4-8H3. The summed E-state index contributed by atoms with van der Waals surface area (Å²) in [5.41, 5.74) is 2.31. The minimum absolute atomic E-state index is 0.101. The van der Waals surface area contributed by atoms with Crippen LogP contribution in [0.2, 0.25) is 0 Å². The van der Waals surface area contributed by atoms with Gasteiger partial charge in [-0.1, -0.05) is 58.4 Å². The molecular weight excluding hydrogens is 560 g/mol. The maximum absolute atomic E-state index is 11.9. The number of aliphatic hydroxyl groups excluding tert-OH is 4. The van der Waals surface area contributed by atoms with E-state index in [1.807, 2.05) is 0 Å². The minimum Gasteiger partial charge on any atom is -0.457 e. The molecule has 5 rings (SSSR count). The highest BCUT2D eigenvalue weighted by atomic mass is 16.7. The maximum atomic E-state index is 11.9. The summed E-state index contributed by atoms with van der Waals surface area (Å²) in [7, 11) is 0. The Kier molecular flexibility index (Phi) is 9.85. The van der Waals surface area contributed by atoms with Gasteiger partial charge in [-0.2, -0.15) is 0 Å². The first-order chi connectivity index (χ1) is 20.6. The Balaban J connectivity index is 1.28. The largest absolute Gasteiger partial charge is 0.457 e. The van der Waals surface area contributed by atoms with Gasteiger partial charge in [-0.3, -0.25) is 4.79 Å². The van der Waals surface area contributed by atoms with Crippen LogP contribution in [-0.2, 0) is 19.0 Å². The number of rotatable bonds is 8. The normalized spacial score (nSPS) is 47.7. The molecule has 15 atom stereocenters. The van der Waals surface area contributed by atoms with Gasteiger partial charge < -0.3 is 34.6 Å². The van der Waals surface area contributed by atoms with E-state index in [1.54, 1.807) is 6.92 Å². The third-order valence-corrected chi connectivity index (χ3v) is 12.9. The lowest BCUT2D eigenvalue weighted by atomic mass is 9.46. The van der Waals surface area contributed by atoms with Gasteiger partial charge in [0.1, 0.15) is 12.2 Å². The molecule has 1 heterocycles. The fraction of sp³-hybridized carbons (Fsp3) is 0.861.